The third-order valence-electron chi connectivity index (χ3n) is 6.21. The van der Waals surface area contributed by atoms with Crippen LogP contribution in [-0.2, 0) is 19.3 Å². The summed E-state index contributed by atoms with van der Waals surface area (Å²) in [5.41, 5.74) is 3.74. The van der Waals surface area contributed by atoms with Gasteiger partial charge in [-0.2, -0.15) is 23.1 Å². The number of fused-ring (bicyclic) bond motifs is 1. The Morgan fingerprint density at radius 2 is 1.65 bits per heavy atom. The van der Waals surface area contributed by atoms with E-state index < -0.39 is 11.7 Å². The molecule has 40 heavy (non-hydrogen) atoms. The molecule has 0 amide bonds. The predicted molar refractivity (Wildman–Crippen MR) is 144 cm³/mol. The molecule has 0 bridgehead atoms. The highest BCUT2D eigenvalue weighted by molar-refractivity contribution is 5.84. The van der Waals surface area contributed by atoms with Gasteiger partial charge < -0.3 is 19.8 Å². The van der Waals surface area contributed by atoms with Crippen molar-refractivity contribution in [1.29, 1.82) is 0 Å². The van der Waals surface area contributed by atoms with Crippen molar-refractivity contribution < 1.29 is 13.2 Å². The van der Waals surface area contributed by atoms with Crippen molar-refractivity contribution in [2.45, 2.75) is 19.3 Å². The molecule has 0 aliphatic rings. The van der Waals surface area contributed by atoms with E-state index in [2.05, 4.69) is 30.6 Å². The Morgan fingerprint density at radius 1 is 0.825 bits per heavy atom. The van der Waals surface area contributed by atoms with Crippen molar-refractivity contribution in [1.82, 2.24) is 34.1 Å². The van der Waals surface area contributed by atoms with Crippen LogP contribution in [0.3, 0.4) is 0 Å². The molecule has 6 aromatic rings. The fourth-order valence-corrected chi connectivity index (χ4v) is 4.18. The molecule has 0 radical (unpaired) electrons. The minimum absolute atomic E-state index is 0.284. The first kappa shape index (κ1) is 25.0. The molecule has 0 aliphatic heterocycles. The number of halogens is 3. The highest BCUT2D eigenvalue weighted by Crippen LogP contribution is 2.30. The van der Waals surface area contributed by atoms with E-state index in [9.17, 15) is 13.2 Å². The summed E-state index contributed by atoms with van der Waals surface area (Å²) in [5.74, 6) is 0.850. The van der Waals surface area contributed by atoms with Gasteiger partial charge in [-0.15, -0.1) is 0 Å². The van der Waals surface area contributed by atoms with Gasteiger partial charge in [0.2, 0.25) is 5.95 Å². The van der Waals surface area contributed by atoms with Gasteiger partial charge in [-0.3, -0.25) is 4.98 Å². The molecule has 0 aliphatic carbocycles. The quantitative estimate of drug-likeness (QED) is 0.250. The van der Waals surface area contributed by atoms with Crippen LogP contribution in [0, 0.1) is 0 Å². The maximum atomic E-state index is 13.0. The average molecular weight is 542 g/mol. The van der Waals surface area contributed by atoms with E-state index in [0.29, 0.717) is 35.0 Å². The summed E-state index contributed by atoms with van der Waals surface area (Å²) >= 11 is 0. The smallest absolute Gasteiger partial charge is 0.364 e. The van der Waals surface area contributed by atoms with Crippen LogP contribution in [-0.4, -0.2) is 34.1 Å². The summed E-state index contributed by atoms with van der Waals surface area (Å²) in [6, 6.07) is 16.6. The molecule has 0 saturated heterocycles. The largest absolute Gasteiger partial charge is 0.416 e. The standard InChI is InChI=1S/C28H22F3N9/c29-28(30,31)21-5-3-19(4-6-21)16-40-18-35-24-25(34-15-20-2-1-11-32-14-20)37-27(38-26(24)40)36-22-7-9-23(10-8-22)39-13-12-33-17-39/h1-14,17-18H,15-16H2,(H2,34,36,37,38). The average Bonchev–Trinajstić information content (AvgIpc) is 3.64. The molecule has 0 unspecified atom stereocenters. The molecule has 200 valence electrons. The van der Waals surface area contributed by atoms with Crippen LogP contribution in [0.5, 0.6) is 0 Å². The molecule has 4 heterocycles. The summed E-state index contributed by atoms with van der Waals surface area (Å²) < 4.78 is 42.7. The lowest BCUT2D eigenvalue weighted by molar-refractivity contribution is -0.137. The van der Waals surface area contributed by atoms with Crippen molar-refractivity contribution in [3.05, 3.63) is 115 Å². The summed E-state index contributed by atoms with van der Waals surface area (Å²) in [7, 11) is 0. The van der Waals surface area contributed by atoms with Crippen LogP contribution in [0.1, 0.15) is 16.7 Å². The number of aromatic nitrogens is 7. The number of anilines is 3. The molecule has 2 aromatic carbocycles. The van der Waals surface area contributed by atoms with Crippen molar-refractivity contribution in [3.63, 3.8) is 0 Å². The molecule has 0 spiro atoms. The zero-order valence-electron chi connectivity index (χ0n) is 20.9. The normalized spacial score (nSPS) is 11.6. The molecule has 2 N–H and O–H groups in total. The maximum Gasteiger partial charge on any atom is 0.416 e. The minimum atomic E-state index is -4.39. The molecule has 9 nitrogen and oxygen atoms in total. The van der Waals surface area contributed by atoms with Crippen LogP contribution >= 0.6 is 0 Å². The summed E-state index contributed by atoms with van der Waals surface area (Å²) in [4.78, 5) is 22.1. The van der Waals surface area contributed by atoms with Crippen molar-refractivity contribution in [3.8, 4) is 5.69 Å². The number of hydrogen-bond donors (Lipinski definition) is 2. The summed E-state index contributed by atoms with van der Waals surface area (Å²) in [5, 5.41) is 6.56. The van der Waals surface area contributed by atoms with Crippen molar-refractivity contribution in [2.24, 2.45) is 0 Å². The molecule has 6 rings (SSSR count). The Bertz CT molecular complexity index is 1710. The minimum Gasteiger partial charge on any atom is -0.364 e. The van der Waals surface area contributed by atoms with E-state index in [0.717, 1.165) is 29.1 Å². The number of pyridine rings is 1. The Labute approximate surface area is 226 Å². The third-order valence-corrected chi connectivity index (χ3v) is 6.21. The van der Waals surface area contributed by atoms with Crippen LogP contribution in [0.2, 0.25) is 0 Å². The Morgan fingerprint density at radius 3 is 2.35 bits per heavy atom. The lowest BCUT2D eigenvalue weighted by Gasteiger charge is -2.12. The number of benzene rings is 2. The zero-order valence-corrected chi connectivity index (χ0v) is 20.9. The van der Waals surface area contributed by atoms with Crippen LogP contribution in [0.15, 0.2) is 98.1 Å². The molecule has 0 fully saturated rings. The first-order valence-electron chi connectivity index (χ1n) is 12.3. The highest BCUT2D eigenvalue weighted by Gasteiger charge is 2.30. The first-order chi connectivity index (χ1) is 19.4. The molecule has 4 aromatic heterocycles. The van der Waals surface area contributed by atoms with Gasteiger partial charge in [0.05, 0.1) is 24.8 Å². The number of imidazole rings is 2. The Balaban J connectivity index is 1.31. The number of alkyl halides is 3. The monoisotopic (exact) mass is 541 g/mol. The van der Waals surface area contributed by atoms with Crippen LogP contribution in [0.25, 0.3) is 16.9 Å². The second-order valence-corrected chi connectivity index (χ2v) is 8.99. The second-order valence-electron chi connectivity index (χ2n) is 8.99. The molecular formula is C28H22F3N9. The van der Waals surface area contributed by atoms with Gasteiger partial charge in [0.15, 0.2) is 17.0 Å². The fourth-order valence-electron chi connectivity index (χ4n) is 4.18. The third kappa shape index (κ3) is 5.46. The first-order valence-corrected chi connectivity index (χ1v) is 12.3. The van der Waals surface area contributed by atoms with E-state index in [1.807, 2.05) is 47.2 Å². The number of hydrogen-bond acceptors (Lipinski definition) is 7. The van der Waals surface area contributed by atoms with Crippen LogP contribution in [0.4, 0.5) is 30.6 Å². The van der Waals surface area contributed by atoms with E-state index >= 15 is 0 Å². The highest BCUT2D eigenvalue weighted by atomic mass is 19.4. The fraction of sp³-hybridized carbons (Fsp3) is 0.107. The van der Waals surface area contributed by atoms with Gasteiger partial charge >= 0.3 is 6.18 Å². The van der Waals surface area contributed by atoms with Gasteiger partial charge in [0.1, 0.15) is 0 Å². The molecule has 0 atom stereocenters. The topological polar surface area (TPSA) is 98.4 Å². The van der Waals surface area contributed by atoms with Crippen molar-refractivity contribution >= 4 is 28.6 Å². The zero-order chi connectivity index (χ0) is 27.5. The van der Waals surface area contributed by atoms with E-state index in [1.165, 1.54) is 12.1 Å². The van der Waals surface area contributed by atoms with E-state index in [4.69, 9.17) is 4.98 Å². The molecular weight excluding hydrogens is 519 g/mol. The van der Waals surface area contributed by atoms with Gasteiger partial charge in [-0.25, -0.2) is 9.97 Å². The van der Waals surface area contributed by atoms with Gasteiger partial charge in [0.25, 0.3) is 0 Å². The maximum absolute atomic E-state index is 13.0. The number of rotatable bonds is 8. The van der Waals surface area contributed by atoms with Gasteiger partial charge in [-0.1, -0.05) is 18.2 Å². The van der Waals surface area contributed by atoms with Gasteiger partial charge in [-0.05, 0) is 53.6 Å². The SMILES string of the molecule is FC(F)(F)c1ccc(Cn2cnc3c(NCc4cccnc4)nc(Nc4ccc(-n5ccnc5)cc4)nc32)cc1. The van der Waals surface area contributed by atoms with Crippen LogP contribution < -0.4 is 10.6 Å². The lowest BCUT2D eigenvalue weighted by atomic mass is 10.1. The van der Waals surface area contributed by atoms with E-state index in [1.54, 1.807) is 35.8 Å². The number of nitrogens with zero attached hydrogens (tertiary/aromatic N) is 7. The predicted octanol–water partition coefficient (Wildman–Crippen LogP) is 5.83. The van der Waals surface area contributed by atoms with Crippen molar-refractivity contribution in [2.75, 3.05) is 10.6 Å². The summed E-state index contributed by atoms with van der Waals surface area (Å²) in [6.45, 7) is 0.748. The Kier molecular flexibility index (Phi) is 6.56. The lowest BCUT2D eigenvalue weighted by Crippen LogP contribution is -2.08. The molecule has 12 heteroatoms. The number of nitrogens with one attached hydrogen (secondary N) is 2. The van der Waals surface area contributed by atoms with Gasteiger partial charge in [0, 0.05) is 42.7 Å². The Hall–Kier alpha value is -5.26. The molecule has 0 saturated carbocycles. The second kappa shape index (κ2) is 10.5. The van der Waals surface area contributed by atoms with E-state index in [-0.39, 0.29) is 6.54 Å². The summed E-state index contributed by atoms with van der Waals surface area (Å²) in [6.07, 6.45) is 5.97.